The van der Waals surface area contributed by atoms with Gasteiger partial charge in [-0.1, -0.05) is 26.2 Å². The van der Waals surface area contributed by atoms with E-state index in [1.54, 1.807) is 12.3 Å². The van der Waals surface area contributed by atoms with E-state index in [0.717, 1.165) is 37.9 Å². The van der Waals surface area contributed by atoms with E-state index in [1.165, 1.54) is 6.42 Å². The smallest absolute Gasteiger partial charge is 0.242 e. The van der Waals surface area contributed by atoms with Crippen LogP contribution < -0.4 is 10.5 Å². The third-order valence-electron chi connectivity index (χ3n) is 4.50. The van der Waals surface area contributed by atoms with Crippen molar-refractivity contribution in [3.05, 3.63) is 18.0 Å². The first-order valence-electron chi connectivity index (χ1n) is 7.91. The number of rotatable bonds is 6. The molecular formula is C15H27N3O2S. The standard InChI is InChI=1S/C15H27N3O2S/c1-3-12-6-5-7-13(8-12)17-21(19,20)15-9-14(10-16)18(4-2)11-15/h9,11-13,17H,3-8,10,16H2,1-2H3. The summed E-state index contributed by atoms with van der Waals surface area (Å²) in [5.74, 6) is 0.645. The Balaban J connectivity index is 2.12. The van der Waals surface area contributed by atoms with Gasteiger partial charge in [0.05, 0.1) is 4.90 Å². The molecule has 0 spiro atoms. The molecule has 21 heavy (non-hydrogen) atoms. The maximum atomic E-state index is 12.5. The molecule has 0 saturated heterocycles. The minimum Gasteiger partial charge on any atom is -0.349 e. The van der Waals surface area contributed by atoms with Crippen molar-refractivity contribution < 1.29 is 8.42 Å². The van der Waals surface area contributed by atoms with Gasteiger partial charge in [0.15, 0.2) is 0 Å². The van der Waals surface area contributed by atoms with E-state index in [2.05, 4.69) is 11.6 Å². The van der Waals surface area contributed by atoms with Gasteiger partial charge in [0.1, 0.15) is 0 Å². The lowest BCUT2D eigenvalue weighted by Crippen LogP contribution is -2.38. The van der Waals surface area contributed by atoms with Crippen LogP contribution in [0.25, 0.3) is 0 Å². The van der Waals surface area contributed by atoms with Gasteiger partial charge in [-0.25, -0.2) is 13.1 Å². The second-order valence-electron chi connectivity index (χ2n) is 5.92. The molecule has 0 bridgehead atoms. The third kappa shape index (κ3) is 3.87. The molecule has 2 atom stereocenters. The van der Waals surface area contributed by atoms with Gasteiger partial charge in [-0.2, -0.15) is 0 Å². The molecule has 1 aromatic rings. The van der Waals surface area contributed by atoms with Crippen LogP contribution in [0.2, 0.25) is 0 Å². The maximum Gasteiger partial charge on any atom is 0.242 e. The van der Waals surface area contributed by atoms with Crippen LogP contribution in [0.3, 0.4) is 0 Å². The van der Waals surface area contributed by atoms with Crippen LogP contribution in [0.4, 0.5) is 0 Å². The normalized spacial score (nSPS) is 23.4. The van der Waals surface area contributed by atoms with E-state index in [1.807, 2.05) is 11.5 Å². The topological polar surface area (TPSA) is 77.1 Å². The van der Waals surface area contributed by atoms with Crippen LogP contribution in [0.5, 0.6) is 0 Å². The summed E-state index contributed by atoms with van der Waals surface area (Å²) in [6.07, 6.45) is 7.03. The van der Waals surface area contributed by atoms with E-state index >= 15 is 0 Å². The van der Waals surface area contributed by atoms with Gasteiger partial charge in [0.2, 0.25) is 10.0 Å². The summed E-state index contributed by atoms with van der Waals surface area (Å²) in [5.41, 5.74) is 6.52. The van der Waals surface area contributed by atoms with Crippen molar-refractivity contribution in [3.8, 4) is 0 Å². The zero-order valence-corrected chi connectivity index (χ0v) is 13.8. The Morgan fingerprint density at radius 3 is 2.71 bits per heavy atom. The van der Waals surface area contributed by atoms with Crippen molar-refractivity contribution in [3.63, 3.8) is 0 Å². The summed E-state index contributed by atoms with van der Waals surface area (Å²) in [6, 6.07) is 1.76. The van der Waals surface area contributed by atoms with Crippen LogP contribution in [-0.4, -0.2) is 19.0 Å². The summed E-state index contributed by atoms with van der Waals surface area (Å²) in [7, 11) is -3.44. The fraction of sp³-hybridized carbons (Fsp3) is 0.733. The van der Waals surface area contributed by atoms with Crippen LogP contribution >= 0.6 is 0 Å². The number of hydrogen-bond acceptors (Lipinski definition) is 3. The SMILES string of the molecule is CCC1CCCC(NS(=O)(=O)c2cc(CN)n(CC)c2)C1. The Labute approximate surface area is 128 Å². The van der Waals surface area contributed by atoms with E-state index < -0.39 is 10.0 Å². The van der Waals surface area contributed by atoms with Crippen molar-refractivity contribution in [2.75, 3.05) is 0 Å². The third-order valence-corrected chi connectivity index (χ3v) is 5.99. The van der Waals surface area contributed by atoms with Gasteiger partial charge in [-0.3, -0.25) is 0 Å². The minimum atomic E-state index is -3.44. The number of nitrogens with zero attached hydrogens (tertiary/aromatic N) is 1. The summed E-state index contributed by atoms with van der Waals surface area (Å²) in [5, 5.41) is 0. The Kier molecular flexibility index (Phi) is 5.46. The number of nitrogens with one attached hydrogen (secondary N) is 1. The fourth-order valence-corrected chi connectivity index (χ4v) is 4.54. The quantitative estimate of drug-likeness (QED) is 0.845. The summed E-state index contributed by atoms with van der Waals surface area (Å²) < 4.78 is 29.8. The summed E-state index contributed by atoms with van der Waals surface area (Å²) in [6.45, 7) is 5.24. The summed E-state index contributed by atoms with van der Waals surface area (Å²) in [4.78, 5) is 0.337. The maximum absolute atomic E-state index is 12.5. The van der Waals surface area contributed by atoms with Crippen molar-refractivity contribution in [2.45, 2.75) is 70.0 Å². The van der Waals surface area contributed by atoms with Gasteiger partial charge < -0.3 is 10.3 Å². The molecule has 6 heteroatoms. The van der Waals surface area contributed by atoms with Crippen molar-refractivity contribution in [1.82, 2.24) is 9.29 Å². The molecule has 1 aliphatic rings. The molecular weight excluding hydrogens is 286 g/mol. The molecule has 0 aliphatic heterocycles. The predicted molar refractivity (Wildman–Crippen MR) is 84.4 cm³/mol. The van der Waals surface area contributed by atoms with E-state index in [9.17, 15) is 8.42 Å². The molecule has 0 amide bonds. The fourth-order valence-electron chi connectivity index (χ4n) is 3.19. The Hall–Kier alpha value is -0.850. The van der Waals surface area contributed by atoms with E-state index in [-0.39, 0.29) is 6.04 Å². The lowest BCUT2D eigenvalue weighted by molar-refractivity contribution is 0.301. The van der Waals surface area contributed by atoms with Crippen molar-refractivity contribution in [2.24, 2.45) is 11.7 Å². The number of hydrogen-bond donors (Lipinski definition) is 2. The van der Waals surface area contributed by atoms with Crippen molar-refractivity contribution in [1.29, 1.82) is 0 Å². The molecule has 0 aromatic carbocycles. The molecule has 1 aromatic heterocycles. The molecule has 0 radical (unpaired) electrons. The van der Waals surface area contributed by atoms with Crippen LogP contribution in [0.1, 0.15) is 51.6 Å². The van der Waals surface area contributed by atoms with E-state index in [0.29, 0.717) is 17.4 Å². The Morgan fingerprint density at radius 1 is 1.38 bits per heavy atom. The zero-order chi connectivity index (χ0) is 15.5. The lowest BCUT2D eigenvalue weighted by atomic mass is 9.85. The molecule has 3 N–H and O–H groups in total. The first-order valence-corrected chi connectivity index (χ1v) is 9.39. The Morgan fingerprint density at radius 2 is 2.14 bits per heavy atom. The molecule has 2 unspecified atom stereocenters. The summed E-state index contributed by atoms with van der Waals surface area (Å²) >= 11 is 0. The Bertz CT molecular complexity index is 544. The number of sulfonamides is 1. The largest absolute Gasteiger partial charge is 0.349 e. The highest BCUT2D eigenvalue weighted by Gasteiger charge is 2.26. The van der Waals surface area contributed by atoms with Crippen LogP contribution in [-0.2, 0) is 23.1 Å². The first kappa shape index (κ1) is 16.5. The predicted octanol–water partition coefficient (Wildman–Crippen LogP) is 2.21. The van der Waals surface area contributed by atoms with Gasteiger partial charge in [-0.15, -0.1) is 0 Å². The lowest BCUT2D eigenvalue weighted by Gasteiger charge is -2.28. The monoisotopic (exact) mass is 313 g/mol. The molecule has 120 valence electrons. The average Bonchev–Trinajstić information content (AvgIpc) is 2.91. The van der Waals surface area contributed by atoms with Gasteiger partial charge in [0.25, 0.3) is 0 Å². The average molecular weight is 313 g/mol. The zero-order valence-electron chi connectivity index (χ0n) is 13.0. The minimum absolute atomic E-state index is 0.0694. The molecule has 1 saturated carbocycles. The highest BCUT2D eigenvalue weighted by molar-refractivity contribution is 7.89. The van der Waals surface area contributed by atoms with Gasteiger partial charge >= 0.3 is 0 Å². The second kappa shape index (κ2) is 6.94. The van der Waals surface area contributed by atoms with Crippen molar-refractivity contribution >= 4 is 10.0 Å². The molecule has 1 fully saturated rings. The second-order valence-corrected chi connectivity index (χ2v) is 7.63. The number of aryl methyl sites for hydroxylation is 1. The van der Waals surface area contributed by atoms with E-state index in [4.69, 9.17) is 5.73 Å². The van der Waals surface area contributed by atoms with Gasteiger partial charge in [0, 0.05) is 31.0 Å². The number of aromatic nitrogens is 1. The highest BCUT2D eigenvalue weighted by atomic mass is 32.2. The molecule has 2 rings (SSSR count). The molecule has 1 aliphatic carbocycles. The van der Waals surface area contributed by atoms with Crippen LogP contribution in [0, 0.1) is 5.92 Å². The molecule has 5 nitrogen and oxygen atoms in total. The highest BCUT2D eigenvalue weighted by Crippen LogP contribution is 2.27. The first-order chi connectivity index (χ1) is 10.00. The number of nitrogens with two attached hydrogens (primary N) is 1. The van der Waals surface area contributed by atoms with Gasteiger partial charge in [-0.05, 0) is 31.7 Å². The molecule has 1 heterocycles. The van der Waals surface area contributed by atoms with Crippen LogP contribution in [0.15, 0.2) is 17.2 Å².